The molecule has 0 N–H and O–H groups in total. The second-order valence-electron chi connectivity index (χ2n) is 5.30. The average Bonchev–Trinajstić information content (AvgIpc) is 3.04. The summed E-state index contributed by atoms with van der Waals surface area (Å²) in [6.45, 7) is 2.06. The molecule has 0 saturated heterocycles. The van der Waals surface area contributed by atoms with Crippen molar-refractivity contribution in [2.24, 2.45) is 5.10 Å². The number of hydrogen-bond donors (Lipinski definition) is 0. The van der Waals surface area contributed by atoms with Gasteiger partial charge in [0.2, 0.25) is 0 Å². The van der Waals surface area contributed by atoms with E-state index in [2.05, 4.69) is 36.3 Å². The van der Waals surface area contributed by atoms with E-state index < -0.39 is 0 Å². The fourth-order valence-electron chi connectivity index (χ4n) is 2.45. The van der Waals surface area contributed by atoms with Crippen molar-refractivity contribution in [3.05, 3.63) is 65.7 Å². The number of benzene rings is 2. The van der Waals surface area contributed by atoms with Crippen molar-refractivity contribution in [1.82, 2.24) is 5.01 Å². The zero-order valence-electron chi connectivity index (χ0n) is 12.5. The minimum Gasteiger partial charge on any atom is -0.272 e. The molecule has 22 heavy (non-hydrogen) atoms. The molecular formula is C18H18N2OS. The van der Waals surface area contributed by atoms with Gasteiger partial charge in [-0.1, -0.05) is 48.0 Å². The number of carbonyl (C=O) groups is 1. The van der Waals surface area contributed by atoms with Crippen LogP contribution in [-0.4, -0.2) is 22.9 Å². The summed E-state index contributed by atoms with van der Waals surface area (Å²) in [4.78, 5) is 13.6. The molecule has 1 aliphatic heterocycles. The zero-order chi connectivity index (χ0) is 15.4. The Labute approximate surface area is 135 Å². The van der Waals surface area contributed by atoms with Crippen LogP contribution < -0.4 is 0 Å². The Kier molecular flexibility index (Phi) is 4.59. The van der Waals surface area contributed by atoms with Crippen molar-refractivity contribution < 1.29 is 4.79 Å². The second kappa shape index (κ2) is 6.79. The van der Waals surface area contributed by atoms with Gasteiger partial charge in [-0.2, -0.15) is 5.10 Å². The number of carbonyl (C=O) groups excluding carboxylic acids is 1. The minimum absolute atomic E-state index is 0.0346. The average molecular weight is 310 g/mol. The number of amides is 1. The van der Waals surface area contributed by atoms with Crippen molar-refractivity contribution in [2.75, 3.05) is 5.75 Å². The highest BCUT2D eigenvalue weighted by atomic mass is 32.2. The topological polar surface area (TPSA) is 32.7 Å². The summed E-state index contributed by atoms with van der Waals surface area (Å²) >= 11 is 1.56. The first-order valence-electron chi connectivity index (χ1n) is 7.33. The molecule has 1 heterocycles. The number of thioether (sulfide) groups is 1. The molecule has 4 heteroatoms. The number of aryl methyl sites for hydroxylation is 1. The van der Waals surface area contributed by atoms with Crippen LogP contribution >= 0.6 is 11.8 Å². The summed E-state index contributed by atoms with van der Waals surface area (Å²) in [5.74, 6) is 0.456. The molecule has 1 aliphatic rings. The van der Waals surface area contributed by atoms with Crippen LogP contribution in [0.3, 0.4) is 0 Å². The normalized spacial score (nSPS) is 17.0. The molecule has 0 saturated carbocycles. The lowest BCUT2D eigenvalue weighted by Gasteiger charge is -2.22. The van der Waals surface area contributed by atoms with E-state index in [1.165, 1.54) is 5.56 Å². The summed E-state index contributed by atoms with van der Waals surface area (Å²) in [6, 6.07) is 18.3. The lowest BCUT2D eigenvalue weighted by atomic mass is 10.0. The van der Waals surface area contributed by atoms with E-state index in [9.17, 15) is 4.79 Å². The Morgan fingerprint density at radius 1 is 1.18 bits per heavy atom. The quantitative estimate of drug-likeness (QED) is 0.798. The van der Waals surface area contributed by atoms with E-state index in [0.717, 1.165) is 16.9 Å². The zero-order valence-corrected chi connectivity index (χ0v) is 13.3. The first-order valence-corrected chi connectivity index (χ1v) is 8.31. The van der Waals surface area contributed by atoms with Gasteiger partial charge in [0.1, 0.15) is 0 Å². The fraction of sp³-hybridized carbons (Fsp3) is 0.222. The summed E-state index contributed by atoms with van der Waals surface area (Å²) in [6.07, 6.45) is 2.61. The predicted molar refractivity (Wildman–Crippen MR) is 91.0 cm³/mol. The molecule has 0 fully saturated rings. The van der Waals surface area contributed by atoms with Crippen LogP contribution in [-0.2, 0) is 4.79 Å². The summed E-state index contributed by atoms with van der Waals surface area (Å²) in [5.41, 5.74) is 2.36. The number of hydrogen-bond acceptors (Lipinski definition) is 3. The first kappa shape index (κ1) is 14.9. The Hall–Kier alpha value is -2.07. The van der Waals surface area contributed by atoms with E-state index in [0.29, 0.717) is 5.75 Å². The standard InChI is InChI=1S/C18H18N2OS/c1-14-7-9-16(10-8-14)22-13-18(21)20-17(11-12-19-20)15-5-3-2-4-6-15/h2-10,12,17H,11,13H2,1H3/t17-/m0/s1. The van der Waals surface area contributed by atoms with Gasteiger partial charge in [0, 0.05) is 17.5 Å². The molecule has 0 spiro atoms. The lowest BCUT2D eigenvalue weighted by molar-refractivity contribution is -0.130. The van der Waals surface area contributed by atoms with Gasteiger partial charge in [-0.15, -0.1) is 11.8 Å². The highest BCUT2D eigenvalue weighted by Gasteiger charge is 2.27. The van der Waals surface area contributed by atoms with Crippen LogP contribution in [0.1, 0.15) is 23.6 Å². The number of hydrazone groups is 1. The van der Waals surface area contributed by atoms with E-state index >= 15 is 0 Å². The van der Waals surface area contributed by atoms with Crippen molar-refractivity contribution >= 4 is 23.9 Å². The van der Waals surface area contributed by atoms with Gasteiger partial charge in [-0.3, -0.25) is 4.79 Å². The van der Waals surface area contributed by atoms with Gasteiger partial charge in [-0.25, -0.2) is 5.01 Å². The smallest absolute Gasteiger partial charge is 0.253 e. The third-order valence-corrected chi connectivity index (χ3v) is 4.65. The molecule has 0 radical (unpaired) electrons. The minimum atomic E-state index is 0.0346. The molecule has 112 valence electrons. The lowest BCUT2D eigenvalue weighted by Crippen LogP contribution is -2.28. The third-order valence-electron chi connectivity index (χ3n) is 3.65. The van der Waals surface area contributed by atoms with Crippen molar-refractivity contribution in [1.29, 1.82) is 0 Å². The molecule has 0 aliphatic carbocycles. The molecule has 1 amide bonds. The molecule has 0 unspecified atom stereocenters. The maximum atomic E-state index is 12.5. The van der Waals surface area contributed by atoms with E-state index in [1.807, 2.05) is 36.5 Å². The molecule has 1 atom stereocenters. The summed E-state index contributed by atoms with van der Waals surface area (Å²) in [5, 5.41) is 5.89. The second-order valence-corrected chi connectivity index (χ2v) is 6.35. The van der Waals surface area contributed by atoms with Crippen molar-refractivity contribution in [3.63, 3.8) is 0 Å². The van der Waals surface area contributed by atoms with Gasteiger partial charge in [0.25, 0.3) is 5.91 Å². The summed E-state index contributed by atoms with van der Waals surface area (Å²) in [7, 11) is 0. The predicted octanol–water partition coefficient (Wildman–Crippen LogP) is 4.05. The van der Waals surface area contributed by atoms with Gasteiger partial charge in [0.05, 0.1) is 11.8 Å². The fourth-order valence-corrected chi connectivity index (χ4v) is 3.20. The Morgan fingerprint density at radius 2 is 1.91 bits per heavy atom. The SMILES string of the molecule is Cc1ccc(SCC(=O)N2N=CC[C@H]2c2ccccc2)cc1. The summed E-state index contributed by atoms with van der Waals surface area (Å²) < 4.78 is 0. The van der Waals surface area contributed by atoms with Crippen LogP contribution in [0.4, 0.5) is 0 Å². The van der Waals surface area contributed by atoms with Crippen molar-refractivity contribution in [3.8, 4) is 0 Å². The Balaban J connectivity index is 1.64. The highest BCUT2D eigenvalue weighted by Crippen LogP contribution is 2.29. The van der Waals surface area contributed by atoms with Crippen LogP contribution in [0.5, 0.6) is 0 Å². The molecule has 2 aromatic carbocycles. The largest absolute Gasteiger partial charge is 0.272 e. The monoisotopic (exact) mass is 310 g/mol. The van der Waals surface area contributed by atoms with Crippen LogP contribution in [0.15, 0.2) is 64.6 Å². The number of nitrogens with zero attached hydrogens (tertiary/aromatic N) is 2. The maximum absolute atomic E-state index is 12.5. The molecular weight excluding hydrogens is 292 g/mol. The van der Waals surface area contributed by atoms with E-state index in [1.54, 1.807) is 16.8 Å². The Bertz CT molecular complexity index is 667. The van der Waals surface area contributed by atoms with E-state index in [4.69, 9.17) is 0 Å². The first-order chi connectivity index (χ1) is 10.7. The van der Waals surface area contributed by atoms with Crippen LogP contribution in [0.25, 0.3) is 0 Å². The number of rotatable bonds is 4. The highest BCUT2D eigenvalue weighted by molar-refractivity contribution is 8.00. The van der Waals surface area contributed by atoms with Gasteiger partial charge >= 0.3 is 0 Å². The van der Waals surface area contributed by atoms with Crippen molar-refractivity contribution in [2.45, 2.75) is 24.3 Å². The van der Waals surface area contributed by atoms with Crippen LogP contribution in [0.2, 0.25) is 0 Å². The molecule has 0 bridgehead atoms. The van der Waals surface area contributed by atoms with E-state index in [-0.39, 0.29) is 11.9 Å². The van der Waals surface area contributed by atoms with Crippen LogP contribution in [0, 0.1) is 6.92 Å². The molecule has 2 aromatic rings. The molecule has 3 rings (SSSR count). The molecule has 3 nitrogen and oxygen atoms in total. The van der Waals surface area contributed by atoms with Gasteiger partial charge < -0.3 is 0 Å². The maximum Gasteiger partial charge on any atom is 0.253 e. The van der Waals surface area contributed by atoms with Gasteiger partial charge in [0.15, 0.2) is 0 Å². The third kappa shape index (κ3) is 3.39. The Morgan fingerprint density at radius 3 is 2.64 bits per heavy atom. The molecule has 0 aromatic heterocycles. The van der Waals surface area contributed by atoms with Gasteiger partial charge in [-0.05, 0) is 24.6 Å².